The molecule has 0 saturated heterocycles. The summed E-state index contributed by atoms with van der Waals surface area (Å²) in [6, 6.07) is 4.83. The van der Waals surface area contributed by atoms with Gasteiger partial charge >= 0.3 is 11.8 Å². The van der Waals surface area contributed by atoms with Crippen molar-refractivity contribution >= 4 is 23.4 Å². The van der Waals surface area contributed by atoms with Crippen LogP contribution in [0.15, 0.2) is 18.2 Å². The highest BCUT2D eigenvalue weighted by Gasteiger charge is 2.16. The first kappa shape index (κ1) is 17.3. The lowest BCUT2D eigenvalue weighted by Gasteiger charge is -2.11. The number of benzene rings is 1. The fraction of sp³-hybridized carbons (Fsp3) is 0.357. The van der Waals surface area contributed by atoms with Gasteiger partial charge in [0.2, 0.25) is 5.91 Å². The van der Waals surface area contributed by atoms with Gasteiger partial charge in [-0.25, -0.2) is 0 Å². The van der Waals surface area contributed by atoms with Crippen LogP contribution in [0.1, 0.15) is 6.92 Å². The van der Waals surface area contributed by atoms with Gasteiger partial charge in [0.05, 0.1) is 19.9 Å². The molecule has 1 aromatic carbocycles. The summed E-state index contributed by atoms with van der Waals surface area (Å²) in [5, 5.41) is 7.33. The van der Waals surface area contributed by atoms with Crippen LogP contribution in [0.2, 0.25) is 0 Å². The van der Waals surface area contributed by atoms with Crippen LogP contribution in [0.4, 0.5) is 5.69 Å². The Hall–Kier alpha value is -2.77. The van der Waals surface area contributed by atoms with E-state index in [0.29, 0.717) is 17.2 Å². The molecule has 1 aromatic rings. The Morgan fingerprint density at radius 2 is 1.68 bits per heavy atom. The SMILES string of the molecule is COc1ccc(OC)c(NC(=O)C(=O)NCCNC(C)=O)c1. The number of amides is 3. The van der Waals surface area contributed by atoms with Gasteiger partial charge in [0.15, 0.2) is 0 Å². The second-order valence-corrected chi connectivity index (χ2v) is 4.26. The van der Waals surface area contributed by atoms with Crippen molar-refractivity contribution in [2.24, 2.45) is 0 Å². The van der Waals surface area contributed by atoms with Gasteiger partial charge in [-0.15, -0.1) is 0 Å². The van der Waals surface area contributed by atoms with Crippen molar-refractivity contribution in [3.63, 3.8) is 0 Å². The Morgan fingerprint density at radius 1 is 1.00 bits per heavy atom. The highest BCUT2D eigenvalue weighted by Crippen LogP contribution is 2.28. The van der Waals surface area contributed by atoms with Gasteiger partial charge in [-0.1, -0.05) is 0 Å². The number of methoxy groups -OCH3 is 2. The van der Waals surface area contributed by atoms with Gasteiger partial charge in [-0.2, -0.15) is 0 Å². The normalized spacial score (nSPS) is 9.59. The summed E-state index contributed by atoms with van der Waals surface area (Å²) >= 11 is 0. The first-order valence-corrected chi connectivity index (χ1v) is 6.53. The number of nitrogens with one attached hydrogen (secondary N) is 3. The van der Waals surface area contributed by atoms with E-state index in [-0.39, 0.29) is 19.0 Å². The second kappa shape index (κ2) is 8.50. The molecular weight excluding hydrogens is 290 g/mol. The molecule has 0 saturated carbocycles. The predicted octanol–water partition coefficient (Wildman–Crippen LogP) is -0.105. The summed E-state index contributed by atoms with van der Waals surface area (Å²) in [7, 11) is 2.94. The third-order valence-corrected chi connectivity index (χ3v) is 2.65. The summed E-state index contributed by atoms with van der Waals surface area (Å²) < 4.78 is 10.2. The van der Waals surface area contributed by atoms with E-state index in [1.54, 1.807) is 18.2 Å². The Labute approximate surface area is 128 Å². The first-order chi connectivity index (χ1) is 10.5. The summed E-state index contributed by atoms with van der Waals surface area (Å²) in [6.07, 6.45) is 0. The zero-order valence-electron chi connectivity index (χ0n) is 12.7. The number of hydrogen-bond donors (Lipinski definition) is 3. The third-order valence-electron chi connectivity index (χ3n) is 2.65. The number of anilines is 1. The quantitative estimate of drug-likeness (QED) is 0.502. The predicted molar refractivity (Wildman–Crippen MR) is 79.9 cm³/mol. The summed E-state index contributed by atoms with van der Waals surface area (Å²) in [6.45, 7) is 1.77. The molecule has 0 atom stereocenters. The van der Waals surface area contributed by atoms with Gasteiger partial charge in [-0.3, -0.25) is 14.4 Å². The van der Waals surface area contributed by atoms with Gasteiger partial charge in [0, 0.05) is 26.1 Å². The minimum Gasteiger partial charge on any atom is -0.497 e. The molecule has 0 aliphatic rings. The van der Waals surface area contributed by atoms with E-state index in [1.165, 1.54) is 21.1 Å². The minimum atomic E-state index is -0.839. The van der Waals surface area contributed by atoms with Crippen molar-refractivity contribution in [3.05, 3.63) is 18.2 Å². The molecule has 22 heavy (non-hydrogen) atoms. The van der Waals surface area contributed by atoms with E-state index in [0.717, 1.165) is 0 Å². The van der Waals surface area contributed by atoms with Crippen LogP contribution in [0.5, 0.6) is 11.5 Å². The third kappa shape index (κ3) is 5.31. The maximum absolute atomic E-state index is 11.8. The van der Waals surface area contributed by atoms with E-state index in [1.807, 2.05) is 0 Å². The monoisotopic (exact) mass is 309 g/mol. The Morgan fingerprint density at radius 3 is 2.27 bits per heavy atom. The zero-order chi connectivity index (χ0) is 16.5. The van der Waals surface area contributed by atoms with Crippen molar-refractivity contribution in [2.45, 2.75) is 6.92 Å². The van der Waals surface area contributed by atoms with Crippen molar-refractivity contribution in [1.82, 2.24) is 10.6 Å². The van der Waals surface area contributed by atoms with E-state index in [9.17, 15) is 14.4 Å². The van der Waals surface area contributed by atoms with Crippen LogP contribution < -0.4 is 25.4 Å². The van der Waals surface area contributed by atoms with Crippen LogP contribution in [0.25, 0.3) is 0 Å². The lowest BCUT2D eigenvalue weighted by atomic mass is 10.2. The number of carbonyl (C=O) groups excluding carboxylic acids is 3. The largest absolute Gasteiger partial charge is 0.497 e. The fourth-order valence-electron chi connectivity index (χ4n) is 1.59. The standard InChI is InChI=1S/C14H19N3O5/c1-9(18)15-6-7-16-13(19)14(20)17-11-8-10(21-2)4-5-12(11)22-3/h4-5,8H,6-7H2,1-3H3,(H,15,18)(H,16,19)(H,17,20). The molecule has 1 rings (SSSR count). The molecule has 0 aromatic heterocycles. The highest BCUT2D eigenvalue weighted by molar-refractivity contribution is 6.39. The lowest BCUT2D eigenvalue weighted by Crippen LogP contribution is -2.39. The maximum atomic E-state index is 11.8. The lowest BCUT2D eigenvalue weighted by molar-refractivity contribution is -0.136. The average molecular weight is 309 g/mol. The number of ether oxygens (including phenoxy) is 2. The number of rotatable bonds is 6. The molecule has 0 spiro atoms. The van der Waals surface area contributed by atoms with Crippen LogP contribution in [-0.4, -0.2) is 45.0 Å². The molecule has 0 unspecified atom stereocenters. The Balaban J connectivity index is 2.60. The van der Waals surface area contributed by atoms with Gasteiger partial charge < -0.3 is 25.4 Å². The summed E-state index contributed by atoms with van der Waals surface area (Å²) in [4.78, 5) is 34.1. The molecule has 0 radical (unpaired) electrons. The van der Waals surface area contributed by atoms with Crippen molar-refractivity contribution in [2.75, 3.05) is 32.6 Å². The number of hydrogen-bond acceptors (Lipinski definition) is 5. The van der Waals surface area contributed by atoms with E-state index in [4.69, 9.17) is 9.47 Å². The van der Waals surface area contributed by atoms with Crippen molar-refractivity contribution in [3.8, 4) is 11.5 Å². The number of carbonyl (C=O) groups is 3. The topological polar surface area (TPSA) is 106 Å². The van der Waals surface area contributed by atoms with E-state index < -0.39 is 11.8 Å². The zero-order valence-corrected chi connectivity index (χ0v) is 12.7. The average Bonchev–Trinajstić information content (AvgIpc) is 2.50. The van der Waals surface area contributed by atoms with Crippen LogP contribution in [-0.2, 0) is 14.4 Å². The molecule has 8 heteroatoms. The molecule has 0 aliphatic heterocycles. The summed E-state index contributed by atoms with van der Waals surface area (Å²) in [5.41, 5.74) is 0.323. The van der Waals surface area contributed by atoms with Gasteiger partial charge in [0.1, 0.15) is 11.5 Å². The molecule has 0 bridgehead atoms. The Kier molecular flexibility index (Phi) is 6.68. The smallest absolute Gasteiger partial charge is 0.313 e. The van der Waals surface area contributed by atoms with E-state index in [2.05, 4.69) is 16.0 Å². The molecule has 0 fully saturated rings. The van der Waals surface area contributed by atoms with Crippen LogP contribution in [0, 0.1) is 0 Å². The van der Waals surface area contributed by atoms with Crippen LogP contribution >= 0.6 is 0 Å². The highest BCUT2D eigenvalue weighted by atomic mass is 16.5. The summed E-state index contributed by atoms with van der Waals surface area (Å²) in [5.74, 6) is -0.938. The first-order valence-electron chi connectivity index (χ1n) is 6.53. The van der Waals surface area contributed by atoms with E-state index >= 15 is 0 Å². The van der Waals surface area contributed by atoms with Crippen molar-refractivity contribution < 1.29 is 23.9 Å². The molecule has 0 heterocycles. The van der Waals surface area contributed by atoms with Gasteiger partial charge in [-0.05, 0) is 12.1 Å². The molecule has 3 amide bonds. The molecule has 120 valence electrons. The molecular formula is C14H19N3O5. The second-order valence-electron chi connectivity index (χ2n) is 4.26. The maximum Gasteiger partial charge on any atom is 0.313 e. The molecule has 8 nitrogen and oxygen atoms in total. The van der Waals surface area contributed by atoms with Crippen LogP contribution in [0.3, 0.4) is 0 Å². The Bertz CT molecular complexity index is 559. The minimum absolute atomic E-state index is 0.154. The molecule has 0 aliphatic carbocycles. The van der Waals surface area contributed by atoms with Crippen molar-refractivity contribution in [1.29, 1.82) is 0 Å². The fourth-order valence-corrected chi connectivity index (χ4v) is 1.59. The molecule has 3 N–H and O–H groups in total. The van der Waals surface area contributed by atoms with Gasteiger partial charge in [0.25, 0.3) is 0 Å².